The van der Waals surface area contributed by atoms with Crippen molar-refractivity contribution in [2.75, 3.05) is 6.54 Å². The Morgan fingerprint density at radius 3 is 2.42 bits per heavy atom. The van der Waals surface area contributed by atoms with E-state index in [-0.39, 0.29) is 24.3 Å². The Bertz CT molecular complexity index is 597. The third-order valence-electron chi connectivity index (χ3n) is 4.08. The number of nitrogens with zero attached hydrogens (tertiary/aromatic N) is 1. The summed E-state index contributed by atoms with van der Waals surface area (Å²) in [6.45, 7) is 4.28. The van der Waals surface area contributed by atoms with Gasteiger partial charge in [0.05, 0.1) is 5.56 Å². The SMILES string of the molecule is CC(C)C(=O)N1CCC[C@@H]1C(=O)NCc1ccc(C(F)(F)F)cc1. The first kappa shape index (κ1) is 18.3. The van der Waals surface area contributed by atoms with Crippen molar-refractivity contribution in [3.63, 3.8) is 0 Å². The molecule has 132 valence electrons. The van der Waals surface area contributed by atoms with Gasteiger partial charge in [0.2, 0.25) is 11.8 Å². The number of alkyl halides is 3. The molecule has 0 aliphatic carbocycles. The molecule has 4 nitrogen and oxygen atoms in total. The van der Waals surface area contributed by atoms with E-state index < -0.39 is 17.8 Å². The lowest BCUT2D eigenvalue weighted by atomic mass is 10.1. The van der Waals surface area contributed by atoms with Crippen LogP contribution in [0.2, 0.25) is 0 Å². The minimum atomic E-state index is -4.37. The highest BCUT2D eigenvalue weighted by molar-refractivity contribution is 5.88. The maximum Gasteiger partial charge on any atom is 0.416 e. The van der Waals surface area contributed by atoms with Crippen molar-refractivity contribution in [2.45, 2.75) is 45.5 Å². The zero-order valence-electron chi connectivity index (χ0n) is 13.7. The van der Waals surface area contributed by atoms with E-state index in [4.69, 9.17) is 0 Å². The lowest BCUT2D eigenvalue weighted by molar-refractivity contribution is -0.140. The Kier molecular flexibility index (Phi) is 5.51. The van der Waals surface area contributed by atoms with Crippen LogP contribution in [0.3, 0.4) is 0 Å². The fraction of sp³-hybridized carbons (Fsp3) is 0.529. The average Bonchev–Trinajstić information content (AvgIpc) is 3.00. The van der Waals surface area contributed by atoms with Crippen LogP contribution < -0.4 is 5.32 Å². The molecule has 1 N–H and O–H groups in total. The van der Waals surface area contributed by atoms with E-state index in [1.165, 1.54) is 12.1 Å². The van der Waals surface area contributed by atoms with Crippen LogP contribution in [-0.4, -0.2) is 29.3 Å². The number of nitrogens with one attached hydrogen (secondary N) is 1. The number of hydrogen-bond donors (Lipinski definition) is 1. The number of likely N-dealkylation sites (tertiary alicyclic amines) is 1. The largest absolute Gasteiger partial charge is 0.416 e. The van der Waals surface area contributed by atoms with Crippen LogP contribution in [0.1, 0.15) is 37.8 Å². The molecule has 0 spiro atoms. The quantitative estimate of drug-likeness (QED) is 0.915. The molecule has 1 heterocycles. The molecule has 2 amide bonds. The highest BCUT2D eigenvalue weighted by atomic mass is 19.4. The van der Waals surface area contributed by atoms with E-state index in [0.29, 0.717) is 18.5 Å². The Hall–Kier alpha value is -2.05. The van der Waals surface area contributed by atoms with Crippen LogP contribution in [0.5, 0.6) is 0 Å². The summed E-state index contributed by atoms with van der Waals surface area (Å²) in [6, 6.07) is 4.18. The zero-order chi connectivity index (χ0) is 17.9. The molecular formula is C17H21F3N2O2. The van der Waals surface area contributed by atoms with Crippen molar-refractivity contribution in [2.24, 2.45) is 5.92 Å². The number of carbonyl (C=O) groups is 2. The normalized spacial score (nSPS) is 18.1. The molecule has 1 saturated heterocycles. The van der Waals surface area contributed by atoms with Crippen molar-refractivity contribution in [1.82, 2.24) is 10.2 Å². The second-order valence-electron chi connectivity index (χ2n) is 6.26. The van der Waals surface area contributed by atoms with E-state index >= 15 is 0 Å². The fourth-order valence-corrected chi connectivity index (χ4v) is 2.75. The lowest BCUT2D eigenvalue weighted by Crippen LogP contribution is -2.47. The van der Waals surface area contributed by atoms with Gasteiger partial charge in [-0.1, -0.05) is 26.0 Å². The van der Waals surface area contributed by atoms with Gasteiger partial charge in [0, 0.05) is 19.0 Å². The molecule has 1 aromatic carbocycles. The molecule has 0 aromatic heterocycles. The van der Waals surface area contributed by atoms with E-state index in [9.17, 15) is 22.8 Å². The lowest BCUT2D eigenvalue weighted by Gasteiger charge is -2.25. The molecule has 0 bridgehead atoms. The van der Waals surface area contributed by atoms with Crippen molar-refractivity contribution >= 4 is 11.8 Å². The van der Waals surface area contributed by atoms with Gasteiger partial charge >= 0.3 is 6.18 Å². The first-order valence-corrected chi connectivity index (χ1v) is 7.94. The maximum absolute atomic E-state index is 12.5. The van der Waals surface area contributed by atoms with Gasteiger partial charge in [-0.25, -0.2) is 0 Å². The smallest absolute Gasteiger partial charge is 0.350 e. The second kappa shape index (κ2) is 7.23. The van der Waals surface area contributed by atoms with E-state index in [1.807, 2.05) is 0 Å². The number of carbonyl (C=O) groups excluding carboxylic acids is 2. The molecule has 0 unspecified atom stereocenters. The molecule has 1 aliphatic heterocycles. The van der Waals surface area contributed by atoms with Crippen LogP contribution in [0.25, 0.3) is 0 Å². The third kappa shape index (κ3) is 4.27. The van der Waals surface area contributed by atoms with E-state index in [2.05, 4.69) is 5.32 Å². The summed E-state index contributed by atoms with van der Waals surface area (Å²) in [7, 11) is 0. The maximum atomic E-state index is 12.5. The molecule has 0 saturated carbocycles. The van der Waals surface area contributed by atoms with Crippen molar-refractivity contribution in [1.29, 1.82) is 0 Å². The molecule has 1 aromatic rings. The van der Waals surface area contributed by atoms with Gasteiger partial charge in [-0.3, -0.25) is 9.59 Å². The van der Waals surface area contributed by atoms with Gasteiger partial charge in [-0.05, 0) is 30.5 Å². The predicted octanol–water partition coefficient (Wildman–Crippen LogP) is 2.97. The van der Waals surface area contributed by atoms with Crippen LogP contribution >= 0.6 is 0 Å². The Morgan fingerprint density at radius 2 is 1.88 bits per heavy atom. The summed E-state index contributed by atoms with van der Waals surface area (Å²) < 4.78 is 37.5. The van der Waals surface area contributed by atoms with Gasteiger partial charge in [-0.2, -0.15) is 13.2 Å². The zero-order valence-corrected chi connectivity index (χ0v) is 13.7. The molecular weight excluding hydrogens is 321 g/mol. The van der Waals surface area contributed by atoms with Crippen molar-refractivity contribution in [3.05, 3.63) is 35.4 Å². The molecule has 0 radical (unpaired) electrons. The molecule has 7 heteroatoms. The number of rotatable bonds is 4. The molecule has 1 atom stereocenters. The Balaban J connectivity index is 1.94. The van der Waals surface area contributed by atoms with Gasteiger partial charge in [0.1, 0.15) is 6.04 Å². The standard InChI is InChI=1S/C17H21F3N2O2/c1-11(2)16(24)22-9-3-4-14(22)15(23)21-10-12-5-7-13(8-6-12)17(18,19)20/h5-8,11,14H,3-4,9-10H2,1-2H3,(H,21,23)/t14-/m1/s1. The third-order valence-corrected chi connectivity index (χ3v) is 4.08. The van der Waals surface area contributed by atoms with Crippen LogP contribution in [0.15, 0.2) is 24.3 Å². The fourth-order valence-electron chi connectivity index (χ4n) is 2.75. The highest BCUT2D eigenvalue weighted by Gasteiger charge is 2.34. The number of halogens is 3. The summed E-state index contributed by atoms with van der Waals surface area (Å²) in [5.41, 5.74) is -0.141. The molecule has 24 heavy (non-hydrogen) atoms. The van der Waals surface area contributed by atoms with Crippen molar-refractivity contribution in [3.8, 4) is 0 Å². The van der Waals surface area contributed by atoms with Gasteiger partial charge in [0.15, 0.2) is 0 Å². The summed E-state index contributed by atoms with van der Waals surface area (Å²) >= 11 is 0. The first-order valence-electron chi connectivity index (χ1n) is 7.94. The first-order chi connectivity index (χ1) is 11.2. The summed E-state index contributed by atoms with van der Waals surface area (Å²) in [6.07, 6.45) is -2.99. The van der Waals surface area contributed by atoms with Crippen LogP contribution in [0.4, 0.5) is 13.2 Å². The molecule has 2 rings (SSSR count). The summed E-state index contributed by atoms with van der Waals surface area (Å²) in [5, 5.41) is 2.71. The Morgan fingerprint density at radius 1 is 1.25 bits per heavy atom. The predicted molar refractivity (Wildman–Crippen MR) is 82.9 cm³/mol. The van der Waals surface area contributed by atoms with Gasteiger partial charge in [0.25, 0.3) is 0 Å². The minimum absolute atomic E-state index is 0.0535. The second-order valence-corrected chi connectivity index (χ2v) is 6.26. The van der Waals surface area contributed by atoms with Crippen LogP contribution in [0, 0.1) is 5.92 Å². The van der Waals surface area contributed by atoms with Gasteiger partial charge < -0.3 is 10.2 Å². The summed E-state index contributed by atoms with van der Waals surface area (Å²) in [4.78, 5) is 26.0. The van der Waals surface area contributed by atoms with Gasteiger partial charge in [-0.15, -0.1) is 0 Å². The molecule has 1 aliphatic rings. The monoisotopic (exact) mass is 342 g/mol. The molecule has 1 fully saturated rings. The minimum Gasteiger partial charge on any atom is -0.350 e. The highest BCUT2D eigenvalue weighted by Crippen LogP contribution is 2.29. The van der Waals surface area contributed by atoms with E-state index in [0.717, 1.165) is 18.6 Å². The number of amides is 2. The average molecular weight is 342 g/mol. The van der Waals surface area contributed by atoms with Crippen LogP contribution in [-0.2, 0) is 22.3 Å². The Labute approximate surface area is 139 Å². The number of hydrogen-bond acceptors (Lipinski definition) is 2. The number of benzene rings is 1. The van der Waals surface area contributed by atoms with E-state index in [1.54, 1.807) is 18.7 Å². The topological polar surface area (TPSA) is 49.4 Å². The van der Waals surface area contributed by atoms with Crippen molar-refractivity contribution < 1.29 is 22.8 Å². The summed E-state index contributed by atoms with van der Waals surface area (Å²) in [5.74, 6) is -0.489.